The van der Waals surface area contributed by atoms with Crippen molar-refractivity contribution in [3.05, 3.63) is 53.9 Å². The van der Waals surface area contributed by atoms with E-state index in [0.29, 0.717) is 19.5 Å². The number of carbonyl (C=O) groups is 1. The minimum Gasteiger partial charge on any atom is -0.390 e. The lowest BCUT2D eigenvalue weighted by atomic mass is 10.0. The molecular formula is C18H23N5O2. The minimum atomic E-state index is -0.187. The fourth-order valence-electron chi connectivity index (χ4n) is 2.60. The summed E-state index contributed by atoms with van der Waals surface area (Å²) >= 11 is 0. The van der Waals surface area contributed by atoms with Gasteiger partial charge in [-0.3, -0.25) is 4.68 Å². The first kappa shape index (κ1) is 17.0. The summed E-state index contributed by atoms with van der Waals surface area (Å²) < 4.78 is 1.84. The van der Waals surface area contributed by atoms with Crippen molar-refractivity contribution in [3.63, 3.8) is 0 Å². The zero-order chi connectivity index (χ0) is 17.5. The number of oxime groups is 1. The van der Waals surface area contributed by atoms with Gasteiger partial charge in [0.05, 0.1) is 12.3 Å². The predicted molar refractivity (Wildman–Crippen MR) is 95.5 cm³/mol. The summed E-state index contributed by atoms with van der Waals surface area (Å²) in [6.45, 7) is 3.87. The molecule has 2 heterocycles. The Morgan fingerprint density at radius 2 is 2.16 bits per heavy atom. The van der Waals surface area contributed by atoms with Crippen molar-refractivity contribution in [3.8, 4) is 0 Å². The van der Waals surface area contributed by atoms with Gasteiger partial charge in [0, 0.05) is 31.9 Å². The number of aryl methyl sites for hydroxylation is 2. The van der Waals surface area contributed by atoms with Gasteiger partial charge in [0.25, 0.3) is 0 Å². The van der Waals surface area contributed by atoms with Gasteiger partial charge < -0.3 is 15.5 Å². The Bertz CT molecular complexity index is 710. The molecule has 0 radical (unpaired) electrons. The third-order valence-corrected chi connectivity index (χ3v) is 4.02. The SMILES string of the molecule is Cc1ccc(C2=NO[C@@H](CNC(=O)NCCCn3cccn3)C2)cc1. The average molecular weight is 341 g/mol. The number of urea groups is 1. The molecule has 1 atom stereocenters. The molecule has 0 aliphatic carbocycles. The van der Waals surface area contributed by atoms with Gasteiger partial charge in [-0.1, -0.05) is 35.0 Å². The molecule has 0 spiro atoms. The number of rotatable bonds is 7. The molecule has 1 aromatic carbocycles. The van der Waals surface area contributed by atoms with Crippen LogP contribution < -0.4 is 10.6 Å². The Labute approximate surface area is 147 Å². The number of nitrogens with one attached hydrogen (secondary N) is 2. The summed E-state index contributed by atoms with van der Waals surface area (Å²) in [5.41, 5.74) is 3.20. The fourth-order valence-corrected chi connectivity index (χ4v) is 2.60. The summed E-state index contributed by atoms with van der Waals surface area (Å²) in [5, 5.41) is 13.9. The Morgan fingerprint density at radius 1 is 1.32 bits per heavy atom. The normalized spacial score (nSPS) is 16.2. The second-order valence-corrected chi connectivity index (χ2v) is 6.10. The third-order valence-electron chi connectivity index (χ3n) is 4.02. The fraction of sp³-hybridized carbons (Fsp3) is 0.389. The molecule has 1 aliphatic heterocycles. The number of carbonyl (C=O) groups excluding carboxylic acids is 1. The van der Waals surface area contributed by atoms with E-state index in [2.05, 4.69) is 39.9 Å². The van der Waals surface area contributed by atoms with Gasteiger partial charge in [0.15, 0.2) is 6.10 Å². The summed E-state index contributed by atoms with van der Waals surface area (Å²) in [7, 11) is 0. The van der Waals surface area contributed by atoms with Crippen LogP contribution in [0.5, 0.6) is 0 Å². The highest BCUT2D eigenvalue weighted by atomic mass is 16.6. The second-order valence-electron chi connectivity index (χ2n) is 6.10. The number of hydrogen-bond donors (Lipinski definition) is 2. The topological polar surface area (TPSA) is 80.5 Å². The van der Waals surface area contributed by atoms with Crippen molar-refractivity contribution in [1.29, 1.82) is 0 Å². The number of amides is 2. The summed E-state index contributed by atoms with van der Waals surface area (Å²) in [5.74, 6) is 0. The monoisotopic (exact) mass is 341 g/mol. The van der Waals surface area contributed by atoms with E-state index in [9.17, 15) is 4.79 Å². The van der Waals surface area contributed by atoms with E-state index in [4.69, 9.17) is 4.84 Å². The van der Waals surface area contributed by atoms with E-state index in [-0.39, 0.29) is 12.1 Å². The van der Waals surface area contributed by atoms with Crippen molar-refractivity contribution < 1.29 is 9.63 Å². The molecule has 2 N–H and O–H groups in total. The van der Waals surface area contributed by atoms with Crippen molar-refractivity contribution >= 4 is 11.7 Å². The van der Waals surface area contributed by atoms with Gasteiger partial charge in [0.2, 0.25) is 0 Å². The predicted octanol–water partition coefficient (Wildman–Crippen LogP) is 2.07. The Kier molecular flexibility index (Phi) is 5.66. The van der Waals surface area contributed by atoms with Crippen molar-refractivity contribution in [1.82, 2.24) is 20.4 Å². The van der Waals surface area contributed by atoms with Gasteiger partial charge in [0.1, 0.15) is 0 Å². The highest BCUT2D eigenvalue weighted by Gasteiger charge is 2.22. The first-order valence-corrected chi connectivity index (χ1v) is 8.49. The van der Waals surface area contributed by atoms with Gasteiger partial charge in [-0.15, -0.1) is 0 Å². The van der Waals surface area contributed by atoms with E-state index < -0.39 is 0 Å². The quantitative estimate of drug-likeness (QED) is 0.757. The van der Waals surface area contributed by atoms with Crippen LogP contribution in [-0.2, 0) is 11.4 Å². The van der Waals surface area contributed by atoms with E-state index in [1.54, 1.807) is 6.20 Å². The van der Waals surface area contributed by atoms with Crippen LogP contribution in [0.25, 0.3) is 0 Å². The van der Waals surface area contributed by atoms with Crippen LogP contribution in [0.1, 0.15) is 24.0 Å². The smallest absolute Gasteiger partial charge is 0.314 e. The third kappa shape index (κ3) is 5.07. The van der Waals surface area contributed by atoms with Gasteiger partial charge >= 0.3 is 6.03 Å². The highest BCUT2D eigenvalue weighted by Crippen LogP contribution is 2.16. The zero-order valence-corrected chi connectivity index (χ0v) is 14.3. The molecule has 1 aliphatic rings. The molecule has 7 nitrogen and oxygen atoms in total. The molecule has 0 bridgehead atoms. The van der Waals surface area contributed by atoms with E-state index in [1.165, 1.54) is 5.56 Å². The molecular weight excluding hydrogens is 318 g/mol. The van der Waals surface area contributed by atoms with Crippen LogP contribution in [0.4, 0.5) is 4.79 Å². The maximum Gasteiger partial charge on any atom is 0.314 e. The van der Waals surface area contributed by atoms with Gasteiger partial charge in [-0.05, 0) is 25.0 Å². The largest absolute Gasteiger partial charge is 0.390 e. The molecule has 0 fully saturated rings. The molecule has 7 heteroatoms. The van der Waals surface area contributed by atoms with Gasteiger partial charge in [-0.2, -0.15) is 5.10 Å². The number of benzene rings is 1. The lowest BCUT2D eigenvalue weighted by Gasteiger charge is -2.11. The Balaban J connectivity index is 1.31. The standard InChI is InChI=1S/C18H23N5O2/c1-14-4-6-15(7-5-14)17-12-16(25-22-17)13-20-18(24)19-8-2-10-23-11-3-9-21-23/h3-7,9,11,16H,2,8,10,12-13H2,1H3,(H2,19,20,24)/t16-/m1/s1. The summed E-state index contributed by atoms with van der Waals surface area (Å²) in [6.07, 6.45) is 5.06. The van der Waals surface area contributed by atoms with Crippen molar-refractivity contribution in [2.75, 3.05) is 13.1 Å². The Hall–Kier alpha value is -2.83. The van der Waals surface area contributed by atoms with Crippen LogP contribution in [0.15, 0.2) is 47.9 Å². The number of aromatic nitrogens is 2. The van der Waals surface area contributed by atoms with Crippen molar-refractivity contribution in [2.45, 2.75) is 32.4 Å². The van der Waals surface area contributed by atoms with Crippen LogP contribution in [0.3, 0.4) is 0 Å². The number of nitrogens with zero attached hydrogens (tertiary/aromatic N) is 3. The molecule has 1 aromatic heterocycles. The van der Waals surface area contributed by atoms with E-state index >= 15 is 0 Å². The highest BCUT2D eigenvalue weighted by molar-refractivity contribution is 6.01. The Morgan fingerprint density at radius 3 is 2.92 bits per heavy atom. The molecule has 2 amide bonds. The maximum absolute atomic E-state index is 11.8. The lowest BCUT2D eigenvalue weighted by molar-refractivity contribution is 0.0865. The summed E-state index contributed by atoms with van der Waals surface area (Å²) in [6, 6.07) is 9.89. The average Bonchev–Trinajstić information content (AvgIpc) is 3.29. The second kappa shape index (κ2) is 8.32. The van der Waals surface area contributed by atoms with E-state index in [0.717, 1.165) is 24.2 Å². The molecule has 132 valence electrons. The minimum absolute atomic E-state index is 0.119. The van der Waals surface area contributed by atoms with Crippen LogP contribution in [0, 0.1) is 6.92 Å². The lowest BCUT2D eigenvalue weighted by Crippen LogP contribution is -2.40. The molecule has 0 saturated carbocycles. The van der Waals surface area contributed by atoms with Gasteiger partial charge in [-0.25, -0.2) is 4.79 Å². The molecule has 25 heavy (non-hydrogen) atoms. The zero-order valence-electron chi connectivity index (χ0n) is 14.3. The molecule has 0 saturated heterocycles. The maximum atomic E-state index is 11.8. The van der Waals surface area contributed by atoms with Crippen LogP contribution in [0.2, 0.25) is 0 Å². The number of hydrogen-bond acceptors (Lipinski definition) is 4. The first-order valence-electron chi connectivity index (χ1n) is 8.49. The first-order chi connectivity index (χ1) is 12.2. The van der Waals surface area contributed by atoms with Crippen LogP contribution in [-0.4, -0.2) is 40.7 Å². The molecule has 2 aromatic rings. The van der Waals surface area contributed by atoms with Crippen molar-refractivity contribution in [2.24, 2.45) is 5.16 Å². The molecule has 3 rings (SSSR count). The molecule has 0 unspecified atom stereocenters. The van der Waals surface area contributed by atoms with E-state index in [1.807, 2.05) is 29.1 Å². The summed E-state index contributed by atoms with van der Waals surface area (Å²) in [4.78, 5) is 17.2. The van der Waals surface area contributed by atoms with Crippen LogP contribution >= 0.6 is 0 Å².